The summed E-state index contributed by atoms with van der Waals surface area (Å²) >= 11 is 1.62. The predicted octanol–water partition coefficient (Wildman–Crippen LogP) is 3.40. The molecule has 0 aliphatic heterocycles. The van der Waals surface area contributed by atoms with Crippen molar-refractivity contribution < 1.29 is 4.79 Å². The Morgan fingerprint density at radius 3 is 2.74 bits per heavy atom. The molecule has 1 aromatic heterocycles. The second-order valence-electron chi connectivity index (χ2n) is 6.28. The number of aryl methyl sites for hydroxylation is 2. The summed E-state index contributed by atoms with van der Waals surface area (Å²) in [5.74, 6) is 0.628. The lowest BCUT2D eigenvalue weighted by Gasteiger charge is -2.15. The molecule has 3 nitrogen and oxygen atoms in total. The third-order valence-corrected chi connectivity index (χ3v) is 5.93. The summed E-state index contributed by atoms with van der Waals surface area (Å²) in [5, 5.41) is 3.12. The van der Waals surface area contributed by atoms with Crippen molar-refractivity contribution in [2.24, 2.45) is 11.7 Å². The Balaban J connectivity index is 0.00000156. The molecule has 0 bridgehead atoms. The molecular weight excluding hydrogens is 328 g/mol. The number of carbonyl (C=O) groups excluding carboxylic acids is 1. The number of hydrogen-bond acceptors (Lipinski definition) is 3. The molecule has 1 unspecified atom stereocenters. The van der Waals surface area contributed by atoms with Crippen LogP contribution in [0, 0.1) is 5.92 Å². The van der Waals surface area contributed by atoms with E-state index in [1.807, 2.05) is 0 Å². The highest BCUT2D eigenvalue weighted by atomic mass is 35.5. The van der Waals surface area contributed by atoms with Crippen LogP contribution in [-0.4, -0.2) is 18.5 Å². The predicted molar refractivity (Wildman–Crippen MR) is 97.4 cm³/mol. The van der Waals surface area contributed by atoms with E-state index in [0.29, 0.717) is 12.5 Å². The fraction of sp³-hybridized carbons (Fsp3) is 0.389. The Bertz CT molecular complexity index is 724. The highest BCUT2D eigenvalue weighted by Crippen LogP contribution is 2.39. The number of benzene rings is 1. The van der Waals surface area contributed by atoms with Crippen LogP contribution >= 0.6 is 23.7 Å². The Labute approximate surface area is 146 Å². The van der Waals surface area contributed by atoms with E-state index in [2.05, 4.69) is 35.6 Å². The molecule has 5 heteroatoms. The van der Waals surface area contributed by atoms with Crippen molar-refractivity contribution >= 4 is 29.7 Å². The maximum absolute atomic E-state index is 12.5. The minimum absolute atomic E-state index is 0. The first-order valence-electron chi connectivity index (χ1n) is 7.98. The molecule has 1 atom stereocenters. The molecule has 122 valence electrons. The number of halogens is 1. The van der Waals surface area contributed by atoms with Gasteiger partial charge in [0.15, 0.2) is 0 Å². The van der Waals surface area contributed by atoms with E-state index >= 15 is 0 Å². The van der Waals surface area contributed by atoms with Crippen LogP contribution in [0.5, 0.6) is 0 Å². The first-order valence-corrected chi connectivity index (χ1v) is 8.80. The van der Waals surface area contributed by atoms with Gasteiger partial charge in [0.1, 0.15) is 0 Å². The molecule has 23 heavy (non-hydrogen) atoms. The zero-order valence-corrected chi connectivity index (χ0v) is 14.5. The van der Waals surface area contributed by atoms with Crippen molar-refractivity contribution in [3.8, 4) is 10.4 Å². The summed E-state index contributed by atoms with van der Waals surface area (Å²) in [6.45, 7) is 0.532. The standard InChI is InChI=1S/C18H20N2OS.ClH/c19-10-15(12-6-7-12)20-18(21)16-9-13-8-5-11-3-1-2-4-14(11)17(13)22-16;/h1-4,9,12,15H,5-8,10,19H2,(H,20,21);1H. The maximum atomic E-state index is 12.5. The molecule has 0 saturated heterocycles. The number of nitrogens with two attached hydrogens (primary N) is 1. The van der Waals surface area contributed by atoms with Crippen molar-refractivity contribution in [2.75, 3.05) is 6.54 Å². The molecule has 1 amide bonds. The van der Waals surface area contributed by atoms with Crippen LogP contribution in [0.3, 0.4) is 0 Å². The van der Waals surface area contributed by atoms with Crippen LogP contribution in [-0.2, 0) is 12.8 Å². The molecule has 2 aromatic rings. The van der Waals surface area contributed by atoms with Gasteiger partial charge in [0.25, 0.3) is 5.91 Å². The number of carbonyl (C=O) groups is 1. The van der Waals surface area contributed by atoms with E-state index in [1.165, 1.54) is 34.4 Å². The third kappa shape index (κ3) is 3.16. The molecule has 1 fully saturated rings. The molecule has 3 N–H and O–H groups in total. The lowest BCUT2D eigenvalue weighted by Crippen LogP contribution is -2.41. The number of fused-ring (bicyclic) bond motifs is 3. The molecule has 1 saturated carbocycles. The van der Waals surface area contributed by atoms with Gasteiger partial charge in [-0.05, 0) is 54.4 Å². The van der Waals surface area contributed by atoms with E-state index in [-0.39, 0.29) is 24.4 Å². The van der Waals surface area contributed by atoms with Gasteiger partial charge < -0.3 is 11.1 Å². The summed E-state index contributed by atoms with van der Waals surface area (Å²) in [7, 11) is 0. The van der Waals surface area contributed by atoms with Gasteiger partial charge in [0.05, 0.1) is 4.88 Å². The number of nitrogens with one attached hydrogen (secondary N) is 1. The third-order valence-electron chi connectivity index (χ3n) is 4.72. The summed E-state index contributed by atoms with van der Waals surface area (Å²) in [5.41, 5.74) is 9.79. The fourth-order valence-corrected chi connectivity index (χ4v) is 4.46. The van der Waals surface area contributed by atoms with Crippen molar-refractivity contribution in [3.63, 3.8) is 0 Å². The van der Waals surface area contributed by atoms with Crippen LogP contribution in [0.1, 0.15) is 33.6 Å². The highest BCUT2D eigenvalue weighted by molar-refractivity contribution is 7.17. The normalized spacial score (nSPS) is 16.7. The van der Waals surface area contributed by atoms with Gasteiger partial charge in [-0.3, -0.25) is 4.79 Å². The van der Waals surface area contributed by atoms with E-state index in [4.69, 9.17) is 5.73 Å². The second kappa shape index (κ2) is 6.63. The largest absolute Gasteiger partial charge is 0.347 e. The monoisotopic (exact) mass is 348 g/mol. The molecule has 0 radical (unpaired) electrons. The van der Waals surface area contributed by atoms with Crippen LogP contribution in [0.15, 0.2) is 30.3 Å². The Morgan fingerprint density at radius 2 is 2.00 bits per heavy atom. The molecule has 4 rings (SSSR count). The van der Waals surface area contributed by atoms with E-state index in [9.17, 15) is 4.79 Å². The Hall–Kier alpha value is -1.36. The molecular formula is C18H21ClN2OS. The second-order valence-corrected chi connectivity index (χ2v) is 7.33. The fourth-order valence-electron chi connectivity index (χ4n) is 3.29. The van der Waals surface area contributed by atoms with Crippen molar-refractivity contribution in [1.82, 2.24) is 5.32 Å². The number of rotatable bonds is 4. The van der Waals surface area contributed by atoms with Crippen LogP contribution in [0.2, 0.25) is 0 Å². The van der Waals surface area contributed by atoms with Gasteiger partial charge in [-0.25, -0.2) is 0 Å². The topological polar surface area (TPSA) is 55.1 Å². The van der Waals surface area contributed by atoms with Crippen molar-refractivity contribution in [3.05, 3.63) is 46.3 Å². The van der Waals surface area contributed by atoms with Gasteiger partial charge in [-0.1, -0.05) is 24.3 Å². The molecule has 1 heterocycles. The van der Waals surface area contributed by atoms with Crippen molar-refractivity contribution in [2.45, 2.75) is 31.7 Å². The van der Waals surface area contributed by atoms with Crippen molar-refractivity contribution in [1.29, 1.82) is 0 Å². The van der Waals surface area contributed by atoms with E-state index < -0.39 is 0 Å². The first kappa shape index (κ1) is 16.5. The molecule has 2 aliphatic rings. The summed E-state index contributed by atoms with van der Waals surface area (Å²) in [6, 6.07) is 10.7. The number of amides is 1. The Kier molecular flexibility index (Phi) is 4.76. The van der Waals surface area contributed by atoms with Gasteiger partial charge in [-0.15, -0.1) is 23.7 Å². The molecule has 2 aliphatic carbocycles. The summed E-state index contributed by atoms with van der Waals surface area (Å²) < 4.78 is 0. The molecule has 0 spiro atoms. The minimum Gasteiger partial charge on any atom is -0.347 e. The highest BCUT2D eigenvalue weighted by Gasteiger charge is 2.32. The number of hydrogen-bond donors (Lipinski definition) is 2. The van der Waals surface area contributed by atoms with Gasteiger partial charge in [0.2, 0.25) is 0 Å². The van der Waals surface area contributed by atoms with Gasteiger partial charge in [0, 0.05) is 17.5 Å². The van der Waals surface area contributed by atoms with E-state index in [0.717, 1.165) is 17.7 Å². The Morgan fingerprint density at radius 1 is 1.26 bits per heavy atom. The van der Waals surface area contributed by atoms with E-state index in [1.54, 1.807) is 11.3 Å². The van der Waals surface area contributed by atoms with Gasteiger partial charge in [-0.2, -0.15) is 0 Å². The lowest BCUT2D eigenvalue weighted by atomic mass is 9.91. The molecule has 1 aromatic carbocycles. The average Bonchev–Trinajstić information content (AvgIpc) is 3.29. The smallest absolute Gasteiger partial charge is 0.261 e. The average molecular weight is 349 g/mol. The van der Waals surface area contributed by atoms with Crippen LogP contribution < -0.4 is 11.1 Å². The number of thiophene rings is 1. The maximum Gasteiger partial charge on any atom is 0.261 e. The minimum atomic E-state index is 0. The quantitative estimate of drug-likeness (QED) is 0.889. The zero-order chi connectivity index (χ0) is 15.1. The first-order chi connectivity index (χ1) is 10.8. The summed E-state index contributed by atoms with van der Waals surface area (Å²) in [6.07, 6.45) is 4.47. The summed E-state index contributed by atoms with van der Waals surface area (Å²) in [4.78, 5) is 14.6. The zero-order valence-electron chi connectivity index (χ0n) is 12.9. The lowest BCUT2D eigenvalue weighted by molar-refractivity contribution is 0.0937. The van der Waals surface area contributed by atoms with Gasteiger partial charge >= 0.3 is 0 Å². The van der Waals surface area contributed by atoms with Crippen LogP contribution in [0.25, 0.3) is 10.4 Å². The van der Waals surface area contributed by atoms with Crippen LogP contribution in [0.4, 0.5) is 0 Å². The SMILES string of the molecule is Cl.NCC(NC(=O)c1cc2c(s1)-c1ccccc1CC2)C1CC1.